The number of cyclic esters (lactones) is 1. The molecule has 142 valence electrons. The van der Waals surface area contributed by atoms with Gasteiger partial charge in [0.15, 0.2) is 0 Å². The quantitative estimate of drug-likeness (QED) is 0.789. The molecule has 0 bridgehead atoms. The maximum absolute atomic E-state index is 12.6. The summed E-state index contributed by atoms with van der Waals surface area (Å²) in [7, 11) is -3.80. The molecule has 7 nitrogen and oxygen atoms in total. The summed E-state index contributed by atoms with van der Waals surface area (Å²) in [6.45, 7) is 3.95. The van der Waals surface area contributed by atoms with E-state index in [2.05, 4.69) is 4.72 Å². The lowest BCUT2D eigenvalue weighted by atomic mass is 10.1. The van der Waals surface area contributed by atoms with Crippen LogP contribution < -0.4 is 4.72 Å². The van der Waals surface area contributed by atoms with E-state index >= 15 is 0 Å². The van der Waals surface area contributed by atoms with Crippen molar-refractivity contribution < 1.29 is 27.5 Å². The van der Waals surface area contributed by atoms with E-state index in [-0.39, 0.29) is 17.1 Å². The molecule has 1 fully saturated rings. The van der Waals surface area contributed by atoms with Gasteiger partial charge in [-0.05, 0) is 55.3 Å². The number of aryl methyl sites for hydroxylation is 1. The average molecular weight is 389 g/mol. The zero-order valence-electron chi connectivity index (χ0n) is 14.9. The molecule has 0 amide bonds. The van der Waals surface area contributed by atoms with Crippen LogP contribution in [0.5, 0.6) is 0 Å². The van der Waals surface area contributed by atoms with Crippen molar-refractivity contribution in [2.75, 3.05) is 11.3 Å². The maximum atomic E-state index is 12.6. The zero-order chi connectivity index (χ0) is 19.6. The first-order valence-corrected chi connectivity index (χ1v) is 9.83. The van der Waals surface area contributed by atoms with E-state index in [1.165, 1.54) is 24.3 Å². The van der Waals surface area contributed by atoms with E-state index in [1.54, 1.807) is 12.1 Å². The smallest absolute Gasteiger partial charge is 0.347 e. The number of hydrogen-bond acceptors (Lipinski definition) is 6. The van der Waals surface area contributed by atoms with Gasteiger partial charge in [0.2, 0.25) is 6.10 Å². The van der Waals surface area contributed by atoms with Gasteiger partial charge in [-0.3, -0.25) is 4.72 Å². The third-order valence-corrected chi connectivity index (χ3v) is 5.77. The Morgan fingerprint density at radius 1 is 1.15 bits per heavy atom. The Morgan fingerprint density at radius 2 is 1.85 bits per heavy atom. The molecule has 1 heterocycles. The largest absolute Gasteiger partial charge is 0.463 e. The maximum Gasteiger partial charge on any atom is 0.347 e. The molecule has 8 heteroatoms. The number of ether oxygens (including phenoxy) is 2. The number of esters is 2. The van der Waals surface area contributed by atoms with E-state index < -0.39 is 28.1 Å². The van der Waals surface area contributed by atoms with Crippen molar-refractivity contribution in [3.8, 4) is 0 Å². The van der Waals surface area contributed by atoms with Crippen LogP contribution in [-0.2, 0) is 24.3 Å². The van der Waals surface area contributed by atoms with Gasteiger partial charge in [-0.25, -0.2) is 18.0 Å². The number of rotatable bonds is 5. The van der Waals surface area contributed by atoms with Crippen LogP contribution in [0.1, 0.15) is 27.9 Å². The van der Waals surface area contributed by atoms with Gasteiger partial charge in [-0.1, -0.05) is 12.1 Å². The van der Waals surface area contributed by atoms with Crippen molar-refractivity contribution in [1.29, 1.82) is 0 Å². The molecule has 2 aromatic carbocycles. The summed E-state index contributed by atoms with van der Waals surface area (Å²) < 4.78 is 37.5. The van der Waals surface area contributed by atoms with Crippen molar-refractivity contribution in [3.05, 3.63) is 59.2 Å². The van der Waals surface area contributed by atoms with Crippen LogP contribution in [0.4, 0.5) is 5.69 Å². The average Bonchev–Trinajstić information content (AvgIpc) is 3.03. The van der Waals surface area contributed by atoms with Gasteiger partial charge in [0.1, 0.15) is 0 Å². The first-order valence-electron chi connectivity index (χ1n) is 8.34. The Kier molecular flexibility index (Phi) is 5.18. The lowest BCUT2D eigenvalue weighted by molar-refractivity contribution is -0.145. The fourth-order valence-electron chi connectivity index (χ4n) is 2.62. The standard InChI is InChI=1S/C19H19NO6S/c1-12-4-3-5-16(13(12)2)20-27(23,24)15-8-6-14(7-9-15)18(21)26-17-10-11-25-19(17)22/h3-9,17,20H,10-11H2,1-2H3/t17-/m1/s1. The van der Waals surface area contributed by atoms with E-state index in [9.17, 15) is 18.0 Å². The number of carbonyl (C=O) groups is 2. The number of hydrogen-bond donors (Lipinski definition) is 1. The zero-order valence-corrected chi connectivity index (χ0v) is 15.7. The molecule has 1 aliphatic heterocycles. The molecule has 2 aromatic rings. The van der Waals surface area contributed by atoms with Crippen LogP contribution in [0, 0.1) is 13.8 Å². The molecular formula is C19H19NO6S. The minimum Gasteiger partial charge on any atom is -0.463 e. The highest BCUT2D eigenvalue weighted by Gasteiger charge is 2.30. The van der Waals surface area contributed by atoms with E-state index in [4.69, 9.17) is 9.47 Å². The minimum absolute atomic E-state index is 0.0141. The third-order valence-electron chi connectivity index (χ3n) is 4.39. The van der Waals surface area contributed by atoms with Crippen molar-refractivity contribution in [1.82, 2.24) is 0 Å². The lowest BCUT2D eigenvalue weighted by Crippen LogP contribution is -2.22. The SMILES string of the molecule is Cc1cccc(NS(=O)(=O)c2ccc(C(=O)O[C@@H]3CCOC3=O)cc2)c1C. The van der Waals surface area contributed by atoms with Gasteiger partial charge < -0.3 is 9.47 Å². The fraction of sp³-hybridized carbons (Fsp3) is 0.263. The molecule has 1 atom stereocenters. The molecule has 1 saturated heterocycles. The summed E-state index contributed by atoms with van der Waals surface area (Å²) in [6.07, 6.45) is -0.594. The number of sulfonamides is 1. The van der Waals surface area contributed by atoms with Gasteiger partial charge in [0.25, 0.3) is 10.0 Å². The molecule has 27 heavy (non-hydrogen) atoms. The molecule has 1 aliphatic rings. The topological polar surface area (TPSA) is 98.8 Å². The van der Waals surface area contributed by atoms with Crippen LogP contribution in [-0.4, -0.2) is 33.1 Å². The first-order chi connectivity index (χ1) is 12.8. The number of nitrogens with one attached hydrogen (secondary N) is 1. The molecule has 0 spiro atoms. The predicted octanol–water partition coefficient (Wildman–Crippen LogP) is 2.58. The van der Waals surface area contributed by atoms with Crippen LogP contribution >= 0.6 is 0 Å². The molecule has 0 saturated carbocycles. The Bertz CT molecular complexity index is 982. The fourth-order valence-corrected chi connectivity index (χ4v) is 3.74. The van der Waals surface area contributed by atoms with Gasteiger partial charge in [-0.2, -0.15) is 0 Å². The van der Waals surface area contributed by atoms with Crippen molar-refractivity contribution in [3.63, 3.8) is 0 Å². The Hall–Kier alpha value is -2.87. The van der Waals surface area contributed by atoms with E-state index in [1.807, 2.05) is 19.9 Å². The predicted molar refractivity (Wildman–Crippen MR) is 97.9 cm³/mol. The van der Waals surface area contributed by atoms with Gasteiger partial charge in [-0.15, -0.1) is 0 Å². The summed E-state index contributed by atoms with van der Waals surface area (Å²) >= 11 is 0. The molecule has 0 unspecified atom stereocenters. The molecule has 0 radical (unpaired) electrons. The molecule has 0 aliphatic carbocycles. The Labute approximate surface area is 157 Å². The highest BCUT2D eigenvalue weighted by atomic mass is 32.2. The molecule has 0 aromatic heterocycles. The second-order valence-electron chi connectivity index (χ2n) is 6.23. The molecule has 1 N–H and O–H groups in total. The van der Waals surface area contributed by atoms with Crippen molar-refractivity contribution in [2.45, 2.75) is 31.3 Å². The highest BCUT2D eigenvalue weighted by molar-refractivity contribution is 7.92. The molecule has 3 rings (SSSR count). The summed E-state index contributed by atoms with van der Waals surface area (Å²) in [5.74, 6) is -1.27. The van der Waals surface area contributed by atoms with Crippen LogP contribution in [0.2, 0.25) is 0 Å². The summed E-state index contributed by atoms with van der Waals surface area (Å²) in [4.78, 5) is 23.5. The van der Waals surface area contributed by atoms with Crippen molar-refractivity contribution in [2.24, 2.45) is 0 Å². The van der Waals surface area contributed by atoms with E-state index in [0.29, 0.717) is 12.1 Å². The van der Waals surface area contributed by atoms with Gasteiger partial charge in [0, 0.05) is 6.42 Å². The Balaban J connectivity index is 1.74. The van der Waals surface area contributed by atoms with E-state index in [0.717, 1.165) is 11.1 Å². The first kappa shape index (κ1) is 18.9. The molecular weight excluding hydrogens is 370 g/mol. The lowest BCUT2D eigenvalue weighted by Gasteiger charge is -2.12. The third kappa shape index (κ3) is 4.11. The van der Waals surface area contributed by atoms with Crippen LogP contribution in [0.25, 0.3) is 0 Å². The summed E-state index contributed by atoms with van der Waals surface area (Å²) in [5.41, 5.74) is 2.46. The second kappa shape index (κ2) is 7.40. The number of carbonyl (C=O) groups excluding carboxylic acids is 2. The normalized spacial score (nSPS) is 16.7. The Morgan fingerprint density at radius 3 is 2.48 bits per heavy atom. The highest BCUT2D eigenvalue weighted by Crippen LogP contribution is 2.22. The number of anilines is 1. The van der Waals surface area contributed by atoms with Gasteiger partial charge >= 0.3 is 11.9 Å². The van der Waals surface area contributed by atoms with Crippen LogP contribution in [0.15, 0.2) is 47.4 Å². The monoisotopic (exact) mass is 389 g/mol. The summed E-state index contributed by atoms with van der Waals surface area (Å²) in [6, 6.07) is 10.7. The van der Waals surface area contributed by atoms with Gasteiger partial charge in [0.05, 0.1) is 22.8 Å². The second-order valence-corrected chi connectivity index (χ2v) is 7.91. The van der Waals surface area contributed by atoms with Crippen molar-refractivity contribution >= 4 is 27.6 Å². The van der Waals surface area contributed by atoms with Crippen LogP contribution in [0.3, 0.4) is 0 Å². The minimum atomic E-state index is -3.80. The summed E-state index contributed by atoms with van der Waals surface area (Å²) in [5, 5.41) is 0. The number of benzene rings is 2.